The number of allylic oxidation sites excluding steroid dienone is 2. The highest BCUT2D eigenvalue weighted by Gasteiger charge is 2.19. The van der Waals surface area contributed by atoms with Gasteiger partial charge in [-0.25, -0.2) is 0 Å². The fourth-order valence-corrected chi connectivity index (χ4v) is 1.76. The molecule has 0 unspecified atom stereocenters. The maximum absolute atomic E-state index is 4.32. The van der Waals surface area contributed by atoms with Gasteiger partial charge in [-0.2, -0.15) is 0 Å². The number of rotatable bonds is 1. The van der Waals surface area contributed by atoms with Crippen molar-refractivity contribution in [2.75, 3.05) is 0 Å². The molecule has 14 heavy (non-hydrogen) atoms. The molecule has 76 valence electrons. The summed E-state index contributed by atoms with van der Waals surface area (Å²) < 4.78 is 0. The Labute approximate surface area is 86.9 Å². The molecule has 0 atom stereocenters. The van der Waals surface area contributed by atoms with Gasteiger partial charge in [0.05, 0.1) is 0 Å². The Kier molecular flexibility index (Phi) is 3.10. The molecule has 1 aromatic heterocycles. The van der Waals surface area contributed by atoms with Crippen LogP contribution in [0, 0.1) is 12.3 Å². The van der Waals surface area contributed by atoms with E-state index < -0.39 is 0 Å². The molecule has 0 fully saturated rings. The number of aromatic nitrogens is 1. The van der Waals surface area contributed by atoms with Gasteiger partial charge in [-0.15, -0.1) is 0 Å². The van der Waals surface area contributed by atoms with E-state index in [0.717, 1.165) is 5.69 Å². The molecular weight excluding hydrogens is 170 g/mol. The molecule has 0 aliphatic carbocycles. The monoisotopic (exact) mass is 189 g/mol. The van der Waals surface area contributed by atoms with Crippen LogP contribution in [0.3, 0.4) is 0 Å². The summed E-state index contributed by atoms with van der Waals surface area (Å²) in [4.78, 5) is 4.32. The maximum atomic E-state index is 4.32. The number of hydrogen-bond donors (Lipinski definition) is 0. The molecule has 1 nitrogen and oxygen atoms in total. The van der Waals surface area contributed by atoms with Crippen molar-refractivity contribution in [3.05, 3.63) is 35.7 Å². The summed E-state index contributed by atoms with van der Waals surface area (Å²) in [5.41, 5.74) is 3.92. The molecule has 0 radical (unpaired) electrons. The number of nitrogens with zero attached hydrogens (tertiary/aromatic N) is 1. The van der Waals surface area contributed by atoms with Crippen LogP contribution in [0.5, 0.6) is 0 Å². The van der Waals surface area contributed by atoms with E-state index in [0.29, 0.717) is 0 Å². The fraction of sp³-hybridized carbons (Fsp3) is 0.462. The van der Waals surface area contributed by atoms with E-state index in [1.807, 2.05) is 12.3 Å². The van der Waals surface area contributed by atoms with E-state index in [9.17, 15) is 0 Å². The van der Waals surface area contributed by atoms with Crippen LogP contribution >= 0.6 is 0 Å². The third-order valence-electron chi connectivity index (χ3n) is 2.39. The van der Waals surface area contributed by atoms with Crippen molar-refractivity contribution >= 4 is 5.57 Å². The summed E-state index contributed by atoms with van der Waals surface area (Å²) >= 11 is 0. The van der Waals surface area contributed by atoms with Crippen LogP contribution in [0.25, 0.3) is 5.57 Å². The predicted molar refractivity (Wildman–Crippen MR) is 62.1 cm³/mol. The fourth-order valence-electron chi connectivity index (χ4n) is 1.76. The molecule has 0 N–H and O–H groups in total. The van der Waals surface area contributed by atoms with Crippen molar-refractivity contribution < 1.29 is 0 Å². The Bertz CT molecular complexity index is 342. The Morgan fingerprint density at radius 1 is 1.36 bits per heavy atom. The smallest absolute Gasteiger partial charge is 0.0447 e. The lowest BCUT2D eigenvalue weighted by atomic mass is 9.81. The predicted octanol–water partition coefficient (Wildman–Crippen LogP) is 3.84. The molecule has 0 aliphatic rings. The van der Waals surface area contributed by atoms with Gasteiger partial charge in [-0.3, -0.25) is 4.98 Å². The van der Waals surface area contributed by atoms with E-state index in [1.165, 1.54) is 11.1 Å². The minimum Gasteiger partial charge on any atom is -0.261 e. The maximum Gasteiger partial charge on any atom is 0.0447 e. The molecule has 0 bridgehead atoms. The average molecular weight is 189 g/mol. The molecular formula is C13H19N. The summed E-state index contributed by atoms with van der Waals surface area (Å²) in [6.45, 7) is 10.8. The zero-order valence-corrected chi connectivity index (χ0v) is 9.76. The van der Waals surface area contributed by atoms with Crippen LogP contribution in [-0.2, 0) is 0 Å². The summed E-state index contributed by atoms with van der Waals surface area (Å²) in [5.74, 6) is 0. The quantitative estimate of drug-likeness (QED) is 0.654. The minimum absolute atomic E-state index is 0.183. The first-order valence-electron chi connectivity index (χ1n) is 5.05. The summed E-state index contributed by atoms with van der Waals surface area (Å²) in [7, 11) is 0. The zero-order valence-electron chi connectivity index (χ0n) is 9.76. The highest BCUT2D eigenvalue weighted by Crippen LogP contribution is 2.34. The van der Waals surface area contributed by atoms with Crippen LogP contribution < -0.4 is 0 Å². The molecule has 1 rings (SSSR count). The third-order valence-corrected chi connectivity index (χ3v) is 2.39. The van der Waals surface area contributed by atoms with Crippen LogP contribution in [-0.4, -0.2) is 4.98 Å². The van der Waals surface area contributed by atoms with Gasteiger partial charge in [0, 0.05) is 11.9 Å². The number of aryl methyl sites for hydroxylation is 1. The normalized spacial score (nSPS) is 13.1. The first kappa shape index (κ1) is 11.0. The Morgan fingerprint density at radius 3 is 2.43 bits per heavy atom. The van der Waals surface area contributed by atoms with Gasteiger partial charge in [0.25, 0.3) is 0 Å². The van der Waals surface area contributed by atoms with Crippen molar-refractivity contribution in [3.8, 4) is 0 Å². The summed E-state index contributed by atoms with van der Waals surface area (Å²) in [6, 6.07) is 4.14. The Hall–Kier alpha value is -1.11. The first-order valence-corrected chi connectivity index (χ1v) is 5.05. The molecule has 0 saturated carbocycles. The minimum atomic E-state index is 0.183. The molecule has 1 heterocycles. The third kappa shape index (κ3) is 2.22. The SMILES string of the molecule is C/C=C(\c1cccnc1C)C(C)(C)C. The lowest BCUT2D eigenvalue weighted by Crippen LogP contribution is -2.09. The number of hydrogen-bond acceptors (Lipinski definition) is 1. The summed E-state index contributed by atoms with van der Waals surface area (Å²) in [6.07, 6.45) is 4.03. The average Bonchev–Trinajstić information content (AvgIpc) is 2.07. The highest BCUT2D eigenvalue weighted by molar-refractivity contribution is 5.70. The molecule has 1 aromatic rings. The van der Waals surface area contributed by atoms with Gasteiger partial charge in [0.2, 0.25) is 0 Å². The van der Waals surface area contributed by atoms with Crippen molar-refractivity contribution in [1.29, 1.82) is 0 Å². The van der Waals surface area contributed by atoms with E-state index >= 15 is 0 Å². The van der Waals surface area contributed by atoms with Gasteiger partial charge in [-0.1, -0.05) is 32.9 Å². The lowest BCUT2D eigenvalue weighted by Gasteiger charge is -2.24. The zero-order chi connectivity index (χ0) is 10.8. The Morgan fingerprint density at radius 2 is 2.00 bits per heavy atom. The van der Waals surface area contributed by atoms with Crippen LogP contribution in [0.1, 0.15) is 39.0 Å². The van der Waals surface area contributed by atoms with Crippen LogP contribution in [0.15, 0.2) is 24.4 Å². The molecule has 0 aromatic carbocycles. The second kappa shape index (κ2) is 3.95. The second-order valence-corrected chi connectivity index (χ2v) is 4.59. The summed E-state index contributed by atoms with van der Waals surface area (Å²) in [5, 5.41) is 0. The van der Waals surface area contributed by atoms with Crippen molar-refractivity contribution in [3.63, 3.8) is 0 Å². The van der Waals surface area contributed by atoms with Gasteiger partial charge in [-0.05, 0) is 36.5 Å². The van der Waals surface area contributed by atoms with Gasteiger partial charge >= 0.3 is 0 Å². The molecule has 0 spiro atoms. The van der Waals surface area contributed by atoms with Gasteiger partial charge in [0.1, 0.15) is 0 Å². The second-order valence-electron chi connectivity index (χ2n) is 4.59. The van der Waals surface area contributed by atoms with Crippen molar-refractivity contribution in [2.24, 2.45) is 5.41 Å². The van der Waals surface area contributed by atoms with Gasteiger partial charge < -0.3 is 0 Å². The van der Waals surface area contributed by atoms with Gasteiger partial charge in [0.15, 0.2) is 0 Å². The van der Waals surface area contributed by atoms with E-state index in [1.54, 1.807) is 0 Å². The molecule has 0 amide bonds. The van der Waals surface area contributed by atoms with Crippen molar-refractivity contribution in [2.45, 2.75) is 34.6 Å². The standard InChI is InChI=1S/C13H19N/c1-6-12(13(3,4)5)11-8-7-9-14-10(11)2/h6-9H,1-5H3/b12-6+. The van der Waals surface area contributed by atoms with E-state index in [-0.39, 0.29) is 5.41 Å². The van der Waals surface area contributed by atoms with E-state index in [2.05, 4.69) is 51.7 Å². The van der Waals surface area contributed by atoms with E-state index in [4.69, 9.17) is 0 Å². The molecule has 0 aliphatic heterocycles. The van der Waals surface area contributed by atoms with Crippen LogP contribution in [0.2, 0.25) is 0 Å². The highest BCUT2D eigenvalue weighted by atomic mass is 14.7. The largest absolute Gasteiger partial charge is 0.261 e. The van der Waals surface area contributed by atoms with Crippen LogP contribution in [0.4, 0.5) is 0 Å². The molecule has 1 heteroatoms. The number of pyridine rings is 1. The van der Waals surface area contributed by atoms with Crippen molar-refractivity contribution in [1.82, 2.24) is 4.98 Å². The lowest BCUT2D eigenvalue weighted by molar-refractivity contribution is 0.565. The first-order chi connectivity index (χ1) is 6.46. The topological polar surface area (TPSA) is 12.9 Å². The Balaban J connectivity index is 3.23. The molecule has 0 saturated heterocycles.